The lowest BCUT2D eigenvalue weighted by atomic mass is 10.1. The molecule has 0 aliphatic heterocycles. The highest BCUT2D eigenvalue weighted by Crippen LogP contribution is 2.24. The summed E-state index contributed by atoms with van der Waals surface area (Å²) in [6.45, 7) is 4.65. The maximum atomic E-state index is 12.4. The van der Waals surface area contributed by atoms with E-state index in [-0.39, 0.29) is 17.6 Å². The predicted octanol–water partition coefficient (Wildman–Crippen LogP) is 4.34. The van der Waals surface area contributed by atoms with Gasteiger partial charge < -0.3 is 10.1 Å². The van der Waals surface area contributed by atoms with Crippen LogP contribution in [0.15, 0.2) is 18.2 Å². The van der Waals surface area contributed by atoms with E-state index in [1.165, 1.54) is 18.2 Å². The predicted molar refractivity (Wildman–Crippen MR) is 92.3 cm³/mol. The Morgan fingerprint density at radius 1 is 1.36 bits per heavy atom. The summed E-state index contributed by atoms with van der Waals surface area (Å²) >= 11 is 6.11. The van der Waals surface area contributed by atoms with E-state index in [1.807, 2.05) is 13.8 Å². The van der Waals surface area contributed by atoms with E-state index in [1.54, 1.807) is 18.5 Å². The van der Waals surface area contributed by atoms with Crippen molar-refractivity contribution in [2.45, 2.75) is 40.9 Å². The van der Waals surface area contributed by atoms with Gasteiger partial charge in [0.1, 0.15) is 5.75 Å². The zero-order chi connectivity index (χ0) is 18.7. The molecule has 136 valence electrons. The Bertz CT molecular complexity index is 777. The van der Waals surface area contributed by atoms with E-state index < -0.39 is 6.61 Å². The lowest BCUT2D eigenvalue weighted by Crippen LogP contribution is -2.25. The van der Waals surface area contributed by atoms with Gasteiger partial charge in [-0.25, -0.2) is 0 Å². The van der Waals surface area contributed by atoms with Gasteiger partial charge in [0.2, 0.25) is 5.91 Å². The third-order valence-corrected chi connectivity index (χ3v) is 4.42. The third kappa shape index (κ3) is 4.69. The Hall–Kier alpha value is -2.15. The summed E-state index contributed by atoms with van der Waals surface area (Å²) in [4.78, 5) is 12.4. The lowest BCUT2D eigenvalue weighted by Gasteiger charge is -2.15. The summed E-state index contributed by atoms with van der Waals surface area (Å²) in [5.41, 5.74) is 2.71. The van der Waals surface area contributed by atoms with Crippen molar-refractivity contribution in [2.24, 2.45) is 5.92 Å². The van der Waals surface area contributed by atoms with Gasteiger partial charge in [-0.3, -0.25) is 9.48 Å². The second-order valence-electron chi connectivity index (χ2n) is 5.91. The van der Waals surface area contributed by atoms with E-state index in [0.29, 0.717) is 22.8 Å². The van der Waals surface area contributed by atoms with Crippen LogP contribution in [0.3, 0.4) is 0 Å². The number of alkyl halides is 2. The Morgan fingerprint density at radius 3 is 2.56 bits per heavy atom. The minimum atomic E-state index is -2.88. The molecule has 1 aromatic heterocycles. The standard InChI is InChI=1S/C17H20ClF2N3O2/c1-9-7-13(25-17(19)20)5-6-14(9)21-16(24)10(2)8-23-12(4)15(18)11(3)22-23/h5-7,10,17H,8H2,1-4H3,(H,21,24). The number of amides is 1. The van der Waals surface area contributed by atoms with Crippen LogP contribution in [0, 0.1) is 26.7 Å². The zero-order valence-corrected chi connectivity index (χ0v) is 15.2. The van der Waals surface area contributed by atoms with E-state index >= 15 is 0 Å². The molecule has 1 amide bonds. The number of nitrogens with zero attached hydrogens (tertiary/aromatic N) is 2. The number of rotatable bonds is 6. The fraction of sp³-hybridized carbons (Fsp3) is 0.412. The van der Waals surface area contributed by atoms with Crippen molar-refractivity contribution in [2.75, 3.05) is 5.32 Å². The van der Waals surface area contributed by atoms with Gasteiger partial charge >= 0.3 is 6.61 Å². The number of carbonyl (C=O) groups is 1. The first-order valence-corrected chi connectivity index (χ1v) is 8.12. The molecule has 0 radical (unpaired) electrons. The normalized spacial score (nSPS) is 12.3. The quantitative estimate of drug-likeness (QED) is 0.821. The number of hydrogen-bond acceptors (Lipinski definition) is 3. The largest absolute Gasteiger partial charge is 0.435 e. The van der Waals surface area contributed by atoms with Crippen molar-refractivity contribution in [1.29, 1.82) is 0 Å². The van der Waals surface area contributed by atoms with Gasteiger partial charge in [-0.05, 0) is 44.5 Å². The van der Waals surface area contributed by atoms with E-state index in [2.05, 4.69) is 15.2 Å². The summed E-state index contributed by atoms with van der Waals surface area (Å²) in [5.74, 6) is -0.504. The molecule has 0 bridgehead atoms. The Balaban J connectivity index is 2.04. The molecule has 25 heavy (non-hydrogen) atoms. The first kappa shape index (κ1) is 19.2. The number of carbonyl (C=O) groups excluding carboxylic acids is 1. The highest BCUT2D eigenvalue weighted by atomic mass is 35.5. The van der Waals surface area contributed by atoms with E-state index in [4.69, 9.17) is 11.6 Å². The van der Waals surface area contributed by atoms with Crippen LogP contribution >= 0.6 is 11.6 Å². The molecule has 0 aliphatic rings. The van der Waals surface area contributed by atoms with Gasteiger partial charge in [-0.2, -0.15) is 13.9 Å². The Kier molecular flexibility index (Phi) is 6.00. The first-order chi connectivity index (χ1) is 11.7. The number of aryl methyl sites for hydroxylation is 2. The molecule has 0 spiro atoms. The number of hydrogen-bond donors (Lipinski definition) is 1. The van der Waals surface area contributed by atoms with Crippen LogP contribution < -0.4 is 10.1 Å². The van der Waals surface area contributed by atoms with Crippen LogP contribution in [0.1, 0.15) is 23.9 Å². The molecule has 1 heterocycles. The third-order valence-electron chi connectivity index (χ3n) is 3.87. The van der Waals surface area contributed by atoms with Crippen LogP contribution in [-0.4, -0.2) is 22.3 Å². The number of anilines is 1. The highest BCUT2D eigenvalue weighted by molar-refractivity contribution is 6.31. The van der Waals surface area contributed by atoms with Gasteiger partial charge in [0, 0.05) is 5.69 Å². The average Bonchev–Trinajstić information content (AvgIpc) is 2.76. The number of ether oxygens (including phenoxy) is 1. The first-order valence-electron chi connectivity index (χ1n) is 7.75. The monoisotopic (exact) mass is 371 g/mol. The summed E-state index contributed by atoms with van der Waals surface area (Å²) in [6.07, 6.45) is 0. The second kappa shape index (κ2) is 7.82. The topological polar surface area (TPSA) is 56.1 Å². The maximum absolute atomic E-state index is 12.4. The minimum Gasteiger partial charge on any atom is -0.435 e. The summed E-state index contributed by atoms with van der Waals surface area (Å²) < 4.78 is 30.5. The van der Waals surface area contributed by atoms with Gasteiger partial charge in [0.25, 0.3) is 0 Å². The molecule has 1 aromatic carbocycles. The van der Waals surface area contributed by atoms with Crippen LogP contribution in [-0.2, 0) is 11.3 Å². The Labute approximate surface area is 149 Å². The lowest BCUT2D eigenvalue weighted by molar-refractivity contribution is -0.119. The molecule has 0 aliphatic carbocycles. The van der Waals surface area contributed by atoms with Crippen LogP contribution in [0.4, 0.5) is 14.5 Å². The van der Waals surface area contributed by atoms with Crippen molar-refractivity contribution in [1.82, 2.24) is 9.78 Å². The molecule has 1 unspecified atom stereocenters. The van der Waals surface area contributed by atoms with Gasteiger partial charge in [0.05, 0.1) is 28.9 Å². The van der Waals surface area contributed by atoms with E-state index in [9.17, 15) is 13.6 Å². The van der Waals surface area contributed by atoms with Crippen LogP contribution in [0.5, 0.6) is 5.75 Å². The molecule has 2 rings (SSSR count). The van der Waals surface area contributed by atoms with Gasteiger partial charge in [-0.15, -0.1) is 0 Å². The number of halogens is 3. The molecule has 8 heteroatoms. The molecule has 0 fully saturated rings. The van der Waals surface area contributed by atoms with Crippen molar-refractivity contribution >= 4 is 23.2 Å². The minimum absolute atomic E-state index is 0.0517. The smallest absolute Gasteiger partial charge is 0.387 e. The number of aromatic nitrogens is 2. The van der Waals surface area contributed by atoms with Crippen LogP contribution in [0.25, 0.3) is 0 Å². The fourth-order valence-electron chi connectivity index (χ4n) is 2.40. The van der Waals surface area contributed by atoms with Crippen molar-refractivity contribution in [3.63, 3.8) is 0 Å². The van der Waals surface area contributed by atoms with Gasteiger partial charge in [0.15, 0.2) is 0 Å². The Morgan fingerprint density at radius 2 is 2.04 bits per heavy atom. The highest BCUT2D eigenvalue weighted by Gasteiger charge is 2.18. The summed E-state index contributed by atoms with van der Waals surface area (Å²) in [5, 5.41) is 7.70. The van der Waals surface area contributed by atoms with Gasteiger partial charge in [-0.1, -0.05) is 18.5 Å². The molecule has 2 aromatic rings. The van der Waals surface area contributed by atoms with Crippen molar-refractivity contribution < 1.29 is 18.3 Å². The van der Waals surface area contributed by atoms with Crippen LogP contribution in [0.2, 0.25) is 5.02 Å². The second-order valence-corrected chi connectivity index (χ2v) is 6.29. The molecule has 5 nitrogen and oxygen atoms in total. The van der Waals surface area contributed by atoms with E-state index in [0.717, 1.165) is 11.4 Å². The fourth-order valence-corrected chi connectivity index (χ4v) is 2.54. The number of benzene rings is 1. The van der Waals surface area contributed by atoms with Crippen molar-refractivity contribution in [3.8, 4) is 5.75 Å². The molecular weight excluding hydrogens is 352 g/mol. The SMILES string of the molecule is Cc1cc(OC(F)F)ccc1NC(=O)C(C)Cn1nc(C)c(Cl)c1C. The number of nitrogens with one attached hydrogen (secondary N) is 1. The maximum Gasteiger partial charge on any atom is 0.387 e. The van der Waals surface area contributed by atoms with Crippen molar-refractivity contribution in [3.05, 3.63) is 40.2 Å². The molecule has 1 atom stereocenters. The molecule has 0 saturated carbocycles. The molecule has 1 N–H and O–H groups in total. The molecular formula is C17H20ClF2N3O2. The average molecular weight is 372 g/mol. The molecule has 0 saturated heterocycles. The zero-order valence-electron chi connectivity index (χ0n) is 14.4. The summed E-state index contributed by atoms with van der Waals surface area (Å²) in [7, 11) is 0. The summed E-state index contributed by atoms with van der Waals surface area (Å²) in [6, 6.07) is 4.38.